The van der Waals surface area contributed by atoms with Crippen LogP contribution >= 0.6 is 0 Å². The molecule has 2 heteroatoms. The quantitative estimate of drug-likeness (QED) is 0.729. The number of hydrogen-bond donors (Lipinski definition) is 1. The summed E-state index contributed by atoms with van der Waals surface area (Å²) in [6.45, 7) is 6.78. The van der Waals surface area contributed by atoms with Gasteiger partial charge in [0.1, 0.15) is 6.23 Å². The smallest absolute Gasteiger partial charge is 0.107 e. The molecule has 0 spiro atoms. The predicted octanol–water partition coefficient (Wildman–Crippen LogP) is 3.25. The van der Waals surface area contributed by atoms with E-state index in [0.29, 0.717) is 6.04 Å². The molecule has 1 rings (SSSR count). The van der Waals surface area contributed by atoms with Crippen LogP contribution in [0.5, 0.6) is 0 Å². The van der Waals surface area contributed by atoms with Crippen molar-refractivity contribution in [2.24, 2.45) is 11.8 Å². The van der Waals surface area contributed by atoms with Gasteiger partial charge in [-0.2, -0.15) is 0 Å². The first-order chi connectivity index (χ1) is 7.57. The van der Waals surface area contributed by atoms with Crippen LogP contribution in [-0.4, -0.2) is 29.3 Å². The first kappa shape index (κ1) is 14.0. The topological polar surface area (TPSA) is 23.5 Å². The standard InChI is InChI=1S/C14H29NO/c1-5-8-14(16)15(4)13-10-7-6-9-12(13)11(2)3/h11-14,16H,5-10H2,1-4H3. The van der Waals surface area contributed by atoms with Crippen LogP contribution in [0.4, 0.5) is 0 Å². The minimum absolute atomic E-state index is 0.241. The Labute approximate surface area is 101 Å². The first-order valence-electron chi connectivity index (χ1n) is 6.98. The molecule has 3 atom stereocenters. The van der Waals surface area contributed by atoms with Crippen molar-refractivity contribution in [1.29, 1.82) is 0 Å². The third-order valence-corrected chi connectivity index (χ3v) is 4.18. The van der Waals surface area contributed by atoms with E-state index in [1.165, 1.54) is 25.7 Å². The molecule has 0 aromatic rings. The van der Waals surface area contributed by atoms with Crippen LogP contribution in [0.1, 0.15) is 59.3 Å². The van der Waals surface area contributed by atoms with Crippen LogP contribution in [0.3, 0.4) is 0 Å². The van der Waals surface area contributed by atoms with Gasteiger partial charge >= 0.3 is 0 Å². The summed E-state index contributed by atoms with van der Waals surface area (Å²) in [5, 5.41) is 10.1. The predicted molar refractivity (Wildman–Crippen MR) is 69.3 cm³/mol. The van der Waals surface area contributed by atoms with E-state index in [0.717, 1.165) is 24.7 Å². The van der Waals surface area contributed by atoms with E-state index < -0.39 is 0 Å². The Hall–Kier alpha value is -0.0800. The van der Waals surface area contributed by atoms with Crippen molar-refractivity contribution >= 4 is 0 Å². The lowest BCUT2D eigenvalue weighted by Gasteiger charge is -2.42. The molecule has 0 saturated heterocycles. The largest absolute Gasteiger partial charge is 0.378 e. The SMILES string of the molecule is CCCC(O)N(C)C1CCCCC1C(C)C. The maximum absolute atomic E-state index is 10.1. The zero-order chi connectivity index (χ0) is 12.1. The van der Waals surface area contributed by atoms with E-state index in [-0.39, 0.29) is 6.23 Å². The Balaban J connectivity index is 2.59. The lowest BCUT2D eigenvalue weighted by atomic mass is 9.77. The van der Waals surface area contributed by atoms with Crippen molar-refractivity contribution in [2.75, 3.05) is 7.05 Å². The van der Waals surface area contributed by atoms with Crippen molar-refractivity contribution in [3.05, 3.63) is 0 Å². The van der Waals surface area contributed by atoms with Gasteiger partial charge in [-0.05, 0) is 38.1 Å². The summed E-state index contributed by atoms with van der Waals surface area (Å²) in [6.07, 6.45) is 7.02. The molecule has 1 saturated carbocycles. The van der Waals surface area contributed by atoms with Gasteiger partial charge in [0.2, 0.25) is 0 Å². The van der Waals surface area contributed by atoms with E-state index in [2.05, 4.69) is 32.7 Å². The minimum atomic E-state index is -0.241. The molecule has 1 aliphatic rings. The molecule has 0 bridgehead atoms. The molecule has 2 nitrogen and oxygen atoms in total. The van der Waals surface area contributed by atoms with E-state index in [4.69, 9.17) is 0 Å². The van der Waals surface area contributed by atoms with Gasteiger partial charge in [0.15, 0.2) is 0 Å². The molecular weight excluding hydrogens is 198 g/mol. The van der Waals surface area contributed by atoms with Crippen molar-refractivity contribution in [2.45, 2.75) is 71.6 Å². The number of rotatable bonds is 5. The Morgan fingerprint density at radius 3 is 2.44 bits per heavy atom. The molecule has 1 aliphatic carbocycles. The van der Waals surface area contributed by atoms with E-state index in [1.807, 2.05) is 0 Å². The highest BCUT2D eigenvalue weighted by Gasteiger charge is 2.32. The summed E-state index contributed by atoms with van der Waals surface area (Å²) < 4.78 is 0. The molecule has 0 aromatic heterocycles. The van der Waals surface area contributed by atoms with Gasteiger partial charge in [-0.1, -0.05) is 40.0 Å². The maximum atomic E-state index is 10.1. The molecular formula is C14H29NO. The molecule has 96 valence electrons. The second-order valence-corrected chi connectivity index (χ2v) is 5.69. The van der Waals surface area contributed by atoms with Crippen molar-refractivity contribution in [1.82, 2.24) is 4.90 Å². The third kappa shape index (κ3) is 3.46. The normalized spacial score (nSPS) is 28.7. The molecule has 1 N–H and O–H groups in total. The number of aliphatic hydroxyl groups excluding tert-OH is 1. The van der Waals surface area contributed by atoms with Crippen molar-refractivity contribution < 1.29 is 5.11 Å². The van der Waals surface area contributed by atoms with Gasteiger partial charge in [-0.15, -0.1) is 0 Å². The van der Waals surface area contributed by atoms with Crippen LogP contribution in [0, 0.1) is 11.8 Å². The highest BCUT2D eigenvalue weighted by molar-refractivity contribution is 4.84. The van der Waals surface area contributed by atoms with Crippen LogP contribution in [-0.2, 0) is 0 Å². The third-order valence-electron chi connectivity index (χ3n) is 4.18. The number of hydrogen-bond acceptors (Lipinski definition) is 2. The van der Waals surface area contributed by atoms with Crippen LogP contribution in [0.2, 0.25) is 0 Å². The Kier molecular flexibility index (Phi) is 5.77. The lowest BCUT2D eigenvalue weighted by Crippen LogP contribution is -2.47. The molecule has 16 heavy (non-hydrogen) atoms. The zero-order valence-electron chi connectivity index (χ0n) is 11.4. The fraction of sp³-hybridized carbons (Fsp3) is 1.00. The molecule has 3 unspecified atom stereocenters. The van der Waals surface area contributed by atoms with Crippen LogP contribution in [0.15, 0.2) is 0 Å². The summed E-state index contributed by atoms with van der Waals surface area (Å²) in [5.74, 6) is 1.51. The molecule has 0 heterocycles. The van der Waals surface area contributed by atoms with Gasteiger partial charge in [0, 0.05) is 6.04 Å². The molecule has 0 aromatic carbocycles. The lowest BCUT2D eigenvalue weighted by molar-refractivity contribution is -0.0450. The maximum Gasteiger partial charge on any atom is 0.107 e. The van der Waals surface area contributed by atoms with Crippen molar-refractivity contribution in [3.8, 4) is 0 Å². The number of nitrogens with zero attached hydrogens (tertiary/aromatic N) is 1. The monoisotopic (exact) mass is 227 g/mol. The minimum Gasteiger partial charge on any atom is -0.378 e. The average molecular weight is 227 g/mol. The molecule has 1 fully saturated rings. The van der Waals surface area contributed by atoms with Gasteiger partial charge < -0.3 is 5.11 Å². The van der Waals surface area contributed by atoms with Crippen LogP contribution in [0.25, 0.3) is 0 Å². The Morgan fingerprint density at radius 2 is 1.88 bits per heavy atom. The second kappa shape index (κ2) is 6.61. The average Bonchev–Trinajstić information content (AvgIpc) is 2.28. The summed E-state index contributed by atoms with van der Waals surface area (Å²) in [7, 11) is 2.10. The van der Waals surface area contributed by atoms with Crippen LogP contribution < -0.4 is 0 Å². The molecule has 0 amide bonds. The molecule has 0 radical (unpaired) electrons. The summed E-state index contributed by atoms with van der Waals surface area (Å²) in [5.41, 5.74) is 0. The van der Waals surface area contributed by atoms with E-state index in [1.54, 1.807) is 0 Å². The second-order valence-electron chi connectivity index (χ2n) is 5.69. The first-order valence-corrected chi connectivity index (χ1v) is 6.98. The Morgan fingerprint density at radius 1 is 1.25 bits per heavy atom. The van der Waals surface area contributed by atoms with E-state index in [9.17, 15) is 5.11 Å². The fourth-order valence-electron chi connectivity index (χ4n) is 3.11. The zero-order valence-corrected chi connectivity index (χ0v) is 11.4. The highest BCUT2D eigenvalue weighted by Crippen LogP contribution is 2.33. The van der Waals surface area contributed by atoms with Crippen molar-refractivity contribution in [3.63, 3.8) is 0 Å². The fourth-order valence-corrected chi connectivity index (χ4v) is 3.11. The van der Waals surface area contributed by atoms with Gasteiger partial charge in [-0.3, -0.25) is 4.90 Å². The summed E-state index contributed by atoms with van der Waals surface area (Å²) in [6, 6.07) is 0.593. The highest BCUT2D eigenvalue weighted by atomic mass is 16.3. The van der Waals surface area contributed by atoms with Gasteiger partial charge in [0.25, 0.3) is 0 Å². The summed E-state index contributed by atoms with van der Waals surface area (Å²) in [4.78, 5) is 2.23. The molecule has 0 aliphatic heterocycles. The Bertz CT molecular complexity index is 193. The van der Waals surface area contributed by atoms with Gasteiger partial charge in [0.05, 0.1) is 0 Å². The van der Waals surface area contributed by atoms with E-state index >= 15 is 0 Å². The number of aliphatic hydroxyl groups is 1. The van der Waals surface area contributed by atoms with Gasteiger partial charge in [-0.25, -0.2) is 0 Å². The summed E-state index contributed by atoms with van der Waals surface area (Å²) >= 11 is 0.